The van der Waals surface area contributed by atoms with E-state index in [1.54, 1.807) is 36.4 Å². The van der Waals surface area contributed by atoms with Crippen LogP contribution in [0.15, 0.2) is 113 Å². The predicted molar refractivity (Wildman–Crippen MR) is 169 cm³/mol. The Labute approximate surface area is 257 Å². The van der Waals surface area contributed by atoms with Crippen LogP contribution in [-0.2, 0) is 6.61 Å². The Balaban J connectivity index is 1.24. The van der Waals surface area contributed by atoms with Crippen LogP contribution >= 0.6 is 15.9 Å². The van der Waals surface area contributed by atoms with E-state index in [2.05, 4.69) is 62.2 Å². The molecule has 9 heteroatoms. The molecule has 8 nitrogen and oxygen atoms in total. The van der Waals surface area contributed by atoms with Crippen molar-refractivity contribution in [1.82, 2.24) is 9.99 Å². The van der Waals surface area contributed by atoms with E-state index < -0.39 is 5.97 Å². The number of rotatable bonds is 10. The zero-order chi connectivity index (χ0) is 30.3. The number of aromatic nitrogens is 1. The molecule has 2 N–H and O–H groups in total. The highest BCUT2D eigenvalue weighted by atomic mass is 79.9. The minimum absolute atomic E-state index is 0.210. The van der Waals surface area contributed by atoms with Gasteiger partial charge in [0.25, 0.3) is 5.91 Å². The third kappa shape index (κ3) is 6.85. The van der Waals surface area contributed by atoms with Gasteiger partial charge in [0, 0.05) is 27.0 Å². The smallest absolute Gasteiger partial charge is 0.335 e. The van der Waals surface area contributed by atoms with Crippen LogP contribution in [0.3, 0.4) is 0 Å². The van der Waals surface area contributed by atoms with Crippen LogP contribution in [0.5, 0.6) is 11.5 Å². The Morgan fingerprint density at radius 3 is 2.28 bits per heavy atom. The fraction of sp³-hybridized carbons (Fsp3) is 0.0882. The lowest BCUT2D eigenvalue weighted by Crippen LogP contribution is -2.17. The Bertz CT molecular complexity index is 1780. The average molecular weight is 639 g/mol. The zero-order valence-corrected chi connectivity index (χ0v) is 25.0. The van der Waals surface area contributed by atoms with Gasteiger partial charge >= 0.3 is 5.97 Å². The summed E-state index contributed by atoms with van der Waals surface area (Å²) in [6.45, 7) is 2.28. The SMILES string of the molecule is COc1cc(/C=N/NC(=O)c2ccc(-n3c(C)ccc3-c3ccccc3)cc2)c(Br)cc1OCc1ccc(C(=O)O)cc1. The molecular formula is C34H28BrN3O5. The third-order valence-corrected chi connectivity index (χ3v) is 7.47. The normalized spacial score (nSPS) is 11.0. The molecule has 1 amide bonds. The van der Waals surface area contributed by atoms with Gasteiger partial charge in [-0.15, -0.1) is 0 Å². The van der Waals surface area contributed by atoms with Crippen molar-refractivity contribution in [2.45, 2.75) is 13.5 Å². The van der Waals surface area contributed by atoms with Crippen LogP contribution in [0.25, 0.3) is 16.9 Å². The molecule has 0 unspecified atom stereocenters. The fourth-order valence-corrected chi connectivity index (χ4v) is 4.95. The monoisotopic (exact) mass is 637 g/mol. The maximum Gasteiger partial charge on any atom is 0.335 e. The highest BCUT2D eigenvalue weighted by Gasteiger charge is 2.13. The molecule has 0 radical (unpaired) electrons. The van der Waals surface area contributed by atoms with Crippen LogP contribution in [0.2, 0.25) is 0 Å². The van der Waals surface area contributed by atoms with Crippen LogP contribution in [0, 0.1) is 6.92 Å². The van der Waals surface area contributed by atoms with Crippen molar-refractivity contribution in [3.63, 3.8) is 0 Å². The minimum Gasteiger partial charge on any atom is -0.493 e. The van der Waals surface area contributed by atoms with Gasteiger partial charge in [0.2, 0.25) is 0 Å². The van der Waals surface area contributed by atoms with E-state index in [9.17, 15) is 9.59 Å². The van der Waals surface area contributed by atoms with Crippen molar-refractivity contribution in [2.75, 3.05) is 7.11 Å². The number of aromatic carboxylic acids is 1. The standard InChI is InChI=1S/C34H28BrN3O5/c1-22-8-17-30(24-6-4-3-5-7-24)38(22)28-15-13-25(14-16-28)33(39)37-36-20-27-18-31(42-2)32(19-29(27)35)43-21-23-9-11-26(12-10-23)34(40)41/h3-20H,21H2,1-2H3,(H,37,39)(H,40,41)/b36-20+. The van der Waals surface area contributed by atoms with Gasteiger partial charge < -0.3 is 19.1 Å². The van der Waals surface area contributed by atoms with E-state index in [1.165, 1.54) is 25.5 Å². The molecule has 0 spiro atoms. The first-order valence-electron chi connectivity index (χ1n) is 13.3. The number of carbonyl (C=O) groups is 2. The lowest BCUT2D eigenvalue weighted by atomic mass is 10.1. The molecule has 5 rings (SSSR count). The summed E-state index contributed by atoms with van der Waals surface area (Å²) >= 11 is 3.52. The summed E-state index contributed by atoms with van der Waals surface area (Å²) in [4.78, 5) is 23.9. The number of methoxy groups -OCH3 is 1. The van der Waals surface area contributed by atoms with Gasteiger partial charge in [-0.25, -0.2) is 10.2 Å². The molecule has 0 aliphatic carbocycles. The van der Waals surface area contributed by atoms with Crippen molar-refractivity contribution in [3.8, 4) is 28.4 Å². The molecule has 0 aliphatic heterocycles. The molecule has 5 aromatic rings. The van der Waals surface area contributed by atoms with E-state index in [1.807, 2.05) is 30.3 Å². The van der Waals surface area contributed by atoms with Crippen molar-refractivity contribution in [2.24, 2.45) is 5.10 Å². The molecule has 43 heavy (non-hydrogen) atoms. The third-order valence-electron chi connectivity index (χ3n) is 6.78. The second kappa shape index (κ2) is 13.2. The van der Waals surface area contributed by atoms with Crippen molar-refractivity contribution in [1.29, 1.82) is 0 Å². The second-order valence-electron chi connectivity index (χ2n) is 9.62. The first-order valence-corrected chi connectivity index (χ1v) is 14.1. The molecular weight excluding hydrogens is 610 g/mol. The zero-order valence-electron chi connectivity index (χ0n) is 23.5. The lowest BCUT2D eigenvalue weighted by Gasteiger charge is -2.13. The number of carboxylic acids is 1. The molecule has 216 valence electrons. The molecule has 0 atom stereocenters. The van der Waals surface area contributed by atoms with Gasteiger partial charge in [0.1, 0.15) is 6.61 Å². The van der Waals surface area contributed by atoms with Gasteiger partial charge in [0.05, 0.1) is 24.6 Å². The summed E-state index contributed by atoms with van der Waals surface area (Å²) in [7, 11) is 1.53. The molecule has 4 aromatic carbocycles. The van der Waals surface area contributed by atoms with Gasteiger partial charge in [-0.3, -0.25) is 4.79 Å². The highest BCUT2D eigenvalue weighted by molar-refractivity contribution is 9.10. The number of nitrogens with zero attached hydrogens (tertiary/aromatic N) is 2. The molecule has 0 fully saturated rings. The van der Waals surface area contributed by atoms with Crippen LogP contribution in [0.1, 0.15) is 37.5 Å². The number of hydrogen-bond acceptors (Lipinski definition) is 5. The number of nitrogens with one attached hydrogen (secondary N) is 1. The van der Waals surface area contributed by atoms with Crippen molar-refractivity contribution >= 4 is 34.0 Å². The average Bonchev–Trinajstić information content (AvgIpc) is 3.42. The van der Waals surface area contributed by atoms with Crippen LogP contribution in [0.4, 0.5) is 0 Å². The topological polar surface area (TPSA) is 102 Å². The molecule has 0 saturated heterocycles. The van der Waals surface area contributed by atoms with Crippen molar-refractivity contribution in [3.05, 3.63) is 136 Å². The van der Waals surface area contributed by atoms with E-state index >= 15 is 0 Å². The summed E-state index contributed by atoms with van der Waals surface area (Å²) < 4.78 is 14.2. The summed E-state index contributed by atoms with van der Waals surface area (Å²) in [6.07, 6.45) is 1.52. The summed E-state index contributed by atoms with van der Waals surface area (Å²) in [6, 6.07) is 31.7. The first-order chi connectivity index (χ1) is 20.8. The van der Waals surface area contributed by atoms with E-state index in [0.717, 1.165) is 28.2 Å². The van der Waals surface area contributed by atoms with Gasteiger partial charge in [-0.05, 0) is 94.6 Å². The maximum absolute atomic E-state index is 12.8. The van der Waals surface area contributed by atoms with E-state index in [-0.39, 0.29) is 18.1 Å². The quantitative estimate of drug-likeness (QED) is 0.124. The minimum atomic E-state index is -0.982. The second-order valence-corrected chi connectivity index (χ2v) is 10.5. The first kappa shape index (κ1) is 29.3. The largest absolute Gasteiger partial charge is 0.493 e. The lowest BCUT2D eigenvalue weighted by molar-refractivity contribution is 0.0696. The van der Waals surface area contributed by atoms with Gasteiger partial charge in [0.15, 0.2) is 11.5 Å². The number of benzene rings is 4. The number of halogens is 1. The Morgan fingerprint density at radius 2 is 1.60 bits per heavy atom. The number of hydrogen-bond donors (Lipinski definition) is 2. The van der Waals surface area contributed by atoms with Crippen molar-refractivity contribution < 1.29 is 24.2 Å². The summed E-state index contributed by atoms with van der Waals surface area (Å²) in [5.74, 6) is -0.354. The molecule has 1 aromatic heterocycles. The highest BCUT2D eigenvalue weighted by Crippen LogP contribution is 2.33. The predicted octanol–water partition coefficient (Wildman–Crippen LogP) is 7.26. The maximum atomic E-state index is 12.8. The summed E-state index contributed by atoms with van der Waals surface area (Å²) in [5.41, 5.74) is 8.98. The Hall–Kier alpha value is -5.15. The Morgan fingerprint density at radius 1 is 0.907 bits per heavy atom. The van der Waals surface area contributed by atoms with Crippen LogP contribution in [-0.4, -0.2) is 34.9 Å². The molecule has 0 saturated carbocycles. The number of hydrazone groups is 1. The number of ether oxygens (including phenoxy) is 2. The van der Waals surface area contributed by atoms with E-state index in [4.69, 9.17) is 14.6 Å². The number of amides is 1. The van der Waals surface area contributed by atoms with Gasteiger partial charge in [-0.1, -0.05) is 42.5 Å². The molecule has 0 bridgehead atoms. The fourth-order valence-electron chi connectivity index (χ4n) is 4.53. The Kier molecular flexibility index (Phi) is 9.02. The number of carbonyl (C=O) groups excluding carboxylic acids is 1. The number of carboxylic acid groups (broad SMARTS) is 1. The molecule has 0 aliphatic rings. The molecule has 1 heterocycles. The van der Waals surface area contributed by atoms with E-state index in [0.29, 0.717) is 27.1 Å². The summed E-state index contributed by atoms with van der Waals surface area (Å²) in [5, 5.41) is 13.2. The number of aryl methyl sites for hydroxylation is 1. The van der Waals surface area contributed by atoms with Gasteiger partial charge in [-0.2, -0.15) is 5.10 Å². The van der Waals surface area contributed by atoms with Crippen LogP contribution < -0.4 is 14.9 Å².